The lowest BCUT2D eigenvalue weighted by atomic mass is 10.2. The third-order valence-electron chi connectivity index (χ3n) is 2.70. The smallest absolute Gasteiger partial charge is 0.122 e. The number of rotatable bonds is 4. The summed E-state index contributed by atoms with van der Waals surface area (Å²) in [6, 6.07) is 0.349. The van der Waals surface area contributed by atoms with E-state index in [1.807, 2.05) is 0 Å². The molecule has 2 rings (SSSR count). The number of nitrogens with zero attached hydrogens (tertiary/aromatic N) is 1. The average molecular weight is 226 g/mol. The van der Waals surface area contributed by atoms with Crippen molar-refractivity contribution in [2.45, 2.75) is 38.8 Å². The van der Waals surface area contributed by atoms with E-state index in [0.717, 1.165) is 30.3 Å². The molecule has 1 aromatic rings. The minimum Gasteiger partial charge on any atom is -0.371 e. The zero-order valence-corrected chi connectivity index (χ0v) is 10.1. The largest absolute Gasteiger partial charge is 0.371 e. The Hall–Kier alpha value is -0.450. The summed E-state index contributed by atoms with van der Waals surface area (Å²) >= 11 is 1.72. The van der Waals surface area contributed by atoms with Crippen LogP contribution in [0.4, 0.5) is 0 Å². The van der Waals surface area contributed by atoms with Crippen LogP contribution in [0.1, 0.15) is 49.5 Å². The van der Waals surface area contributed by atoms with Crippen molar-refractivity contribution in [2.24, 2.45) is 0 Å². The second-order valence-corrected chi connectivity index (χ2v) is 4.78. The molecule has 1 aromatic heterocycles. The molecule has 0 bridgehead atoms. The van der Waals surface area contributed by atoms with Crippen molar-refractivity contribution in [3.8, 4) is 0 Å². The third-order valence-corrected chi connectivity index (χ3v) is 3.65. The van der Waals surface area contributed by atoms with Gasteiger partial charge in [-0.15, -0.1) is 11.3 Å². The van der Waals surface area contributed by atoms with Gasteiger partial charge in [0.05, 0.1) is 5.69 Å². The van der Waals surface area contributed by atoms with Crippen molar-refractivity contribution in [3.05, 3.63) is 16.1 Å². The summed E-state index contributed by atoms with van der Waals surface area (Å²) in [6.45, 7) is 6.14. The van der Waals surface area contributed by atoms with Crippen LogP contribution in [0.5, 0.6) is 0 Å². The number of ether oxygens (including phenoxy) is 1. The molecule has 2 heterocycles. The van der Waals surface area contributed by atoms with Crippen LogP contribution in [0.3, 0.4) is 0 Å². The van der Waals surface area contributed by atoms with E-state index in [-0.39, 0.29) is 6.10 Å². The predicted molar refractivity (Wildman–Crippen MR) is 62.1 cm³/mol. The van der Waals surface area contributed by atoms with E-state index in [1.165, 1.54) is 6.42 Å². The van der Waals surface area contributed by atoms with E-state index < -0.39 is 0 Å². The van der Waals surface area contributed by atoms with Crippen LogP contribution in [-0.2, 0) is 4.74 Å². The van der Waals surface area contributed by atoms with Gasteiger partial charge in [-0.3, -0.25) is 0 Å². The molecule has 1 fully saturated rings. The van der Waals surface area contributed by atoms with E-state index in [2.05, 4.69) is 29.5 Å². The topological polar surface area (TPSA) is 34.1 Å². The van der Waals surface area contributed by atoms with Gasteiger partial charge in [0.15, 0.2) is 0 Å². The Morgan fingerprint density at radius 1 is 1.73 bits per heavy atom. The Labute approximate surface area is 94.9 Å². The fourth-order valence-corrected chi connectivity index (χ4v) is 2.82. The minimum atomic E-state index is 0.262. The van der Waals surface area contributed by atoms with Gasteiger partial charge in [0.1, 0.15) is 11.1 Å². The van der Waals surface area contributed by atoms with Crippen LogP contribution < -0.4 is 5.32 Å². The van der Waals surface area contributed by atoms with Gasteiger partial charge in [-0.25, -0.2) is 4.98 Å². The summed E-state index contributed by atoms with van der Waals surface area (Å²) < 4.78 is 5.62. The SMILES string of the molecule is CCNC(C)c1csc(C2CCCO2)n1. The average Bonchev–Trinajstić information content (AvgIpc) is 2.89. The molecular weight excluding hydrogens is 208 g/mol. The number of thiazole rings is 1. The van der Waals surface area contributed by atoms with Crippen molar-refractivity contribution in [2.75, 3.05) is 13.2 Å². The maximum atomic E-state index is 5.62. The number of aromatic nitrogens is 1. The zero-order valence-electron chi connectivity index (χ0n) is 9.32. The Morgan fingerprint density at radius 3 is 3.27 bits per heavy atom. The monoisotopic (exact) mass is 226 g/mol. The first-order valence-electron chi connectivity index (χ1n) is 5.61. The lowest BCUT2D eigenvalue weighted by molar-refractivity contribution is 0.111. The molecule has 0 amide bonds. The molecule has 1 N–H and O–H groups in total. The van der Waals surface area contributed by atoms with Crippen molar-refractivity contribution >= 4 is 11.3 Å². The van der Waals surface area contributed by atoms with Crippen molar-refractivity contribution in [1.29, 1.82) is 0 Å². The van der Waals surface area contributed by atoms with Gasteiger partial charge in [-0.1, -0.05) is 6.92 Å². The van der Waals surface area contributed by atoms with Crippen LogP contribution in [0, 0.1) is 0 Å². The maximum Gasteiger partial charge on any atom is 0.122 e. The highest BCUT2D eigenvalue weighted by molar-refractivity contribution is 7.09. The van der Waals surface area contributed by atoms with E-state index in [0.29, 0.717) is 6.04 Å². The van der Waals surface area contributed by atoms with Gasteiger partial charge in [0.25, 0.3) is 0 Å². The Balaban J connectivity index is 2.02. The van der Waals surface area contributed by atoms with Crippen LogP contribution in [0.25, 0.3) is 0 Å². The van der Waals surface area contributed by atoms with Crippen molar-refractivity contribution < 1.29 is 4.74 Å². The number of hydrogen-bond acceptors (Lipinski definition) is 4. The summed E-state index contributed by atoms with van der Waals surface area (Å²) in [5.74, 6) is 0. The normalized spacial score (nSPS) is 23.2. The van der Waals surface area contributed by atoms with Crippen LogP contribution in [-0.4, -0.2) is 18.1 Å². The molecule has 0 spiro atoms. The Kier molecular flexibility index (Phi) is 3.72. The lowest BCUT2D eigenvalue weighted by Gasteiger charge is -2.09. The Morgan fingerprint density at radius 2 is 2.60 bits per heavy atom. The van der Waals surface area contributed by atoms with E-state index >= 15 is 0 Å². The van der Waals surface area contributed by atoms with Gasteiger partial charge < -0.3 is 10.1 Å². The molecular formula is C11H18N2OS. The molecule has 0 saturated carbocycles. The van der Waals surface area contributed by atoms with Crippen LogP contribution in [0.2, 0.25) is 0 Å². The third kappa shape index (κ3) is 2.56. The molecule has 1 saturated heterocycles. The van der Waals surface area contributed by atoms with Gasteiger partial charge in [-0.2, -0.15) is 0 Å². The zero-order chi connectivity index (χ0) is 10.7. The second kappa shape index (κ2) is 5.05. The number of hydrogen-bond donors (Lipinski definition) is 1. The number of nitrogens with one attached hydrogen (secondary N) is 1. The van der Waals surface area contributed by atoms with Crippen LogP contribution >= 0.6 is 11.3 Å². The molecule has 1 aliphatic heterocycles. The van der Waals surface area contributed by atoms with Crippen molar-refractivity contribution in [3.63, 3.8) is 0 Å². The Bertz CT molecular complexity index is 307. The first-order valence-corrected chi connectivity index (χ1v) is 6.49. The summed E-state index contributed by atoms with van der Waals surface area (Å²) in [6.07, 6.45) is 2.56. The van der Waals surface area contributed by atoms with E-state index in [4.69, 9.17) is 4.74 Å². The molecule has 0 aliphatic carbocycles. The van der Waals surface area contributed by atoms with Gasteiger partial charge in [0.2, 0.25) is 0 Å². The fraction of sp³-hybridized carbons (Fsp3) is 0.727. The fourth-order valence-electron chi connectivity index (χ4n) is 1.83. The molecule has 4 heteroatoms. The molecule has 2 atom stereocenters. The van der Waals surface area contributed by atoms with Crippen LogP contribution in [0.15, 0.2) is 5.38 Å². The standard InChI is InChI=1S/C11H18N2OS/c1-3-12-8(2)9-7-15-11(13-9)10-5-4-6-14-10/h7-8,10,12H,3-6H2,1-2H3. The van der Waals surface area contributed by atoms with Gasteiger partial charge in [0, 0.05) is 18.0 Å². The van der Waals surface area contributed by atoms with Crippen molar-refractivity contribution in [1.82, 2.24) is 10.3 Å². The van der Waals surface area contributed by atoms with E-state index in [9.17, 15) is 0 Å². The van der Waals surface area contributed by atoms with Gasteiger partial charge in [-0.05, 0) is 26.3 Å². The maximum absolute atomic E-state index is 5.62. The second-order valence-electron chi connectivity index (χ2n) is 3.89. The first-order chi connectivity index (χ1) is 7.31. The summed E-state index contributed by atoms with van der Waals surface area (Å²) in [5, 5.41) is 6.66. The lowest BCUT2D eigenvalue weighted by Crippen LogP contribution is -2.18. The van der Waals surface area contributed by atoms with E-state index in [1.54, 1.807) is 11.3 Å². The molecule has 0 aromatic carbocycles. The molecule has 3 nitrogen and oxygen atoms in total. The molecule has 84 valence electrons. The molecule has 1 aliphatic rings. The molecule has 0 radical (unpaired) electrons. The summed E-state index contributed by atoms with van der Waals surface area (Å²) in [5.41, 5.74) is 1.15. The van der Waals surface area contributed by atoms with Gasteiger partial charge >= 0.3 is 0 Å². The quantitative estimate of drug-likeness (QED) is 0.857. The molecule has 15 heavy (non-hydrogen) atoms. The molecule has 2 unspecified atom stereocenters. The minimum absolute atomic E-state index is 0.262. The summed E-state index contributed by atoms with van der Waals surface area (Å²) in [7, 11) is 0. The first kappa shape index (κ1) is 11.0. The highest BCUT2D eigenvalue weighted by atomic mass is 32.1. The highest BCUT2D eigenvalue weighted by Gasteiger charge is 2.21. The predicted octanol–water partition coefficient (Wildman–Crippen LogP) is 2.67. The highest BCUT2D eigenvalue weighted by Crippen LogP contribution is 2.31. The summed E-state index contributed by atoms with van der Waals surface area (Å²) in [4.78, 5) is 4.64.